The van der Waals surface area contributed by atoms with Crippen molar-refractivity contribution in [2.45, 2.75) is 36.5 Å². The number of amides is 1. The summed E-state index contributed by atoms with van der Waals surface area (Å²) in [7, 11) is 3.21. The van der Waals surface area contributed by atoms with Crippen molar-refractivity contribution in [3.05, 3.63) is 54.1 Å². The Balaban J connectivity index is 2.02. The molecule has 0 aliphatic rings. The lowest BCUT2D eigenvalue weighted by atomic mass is 10.0. The fourth-order valence-corrected chi connectivity index (χ4v) is 3.45. The average molecular weight is 359 g/mol. The number of nitrogens with one attached hydrogen (secondary N) is 1. The first-order valence-electron chi connectivity index (χ1n) is 8.33. The van der Waals surface area contributed by atoms with Crippen LogP contribution in [0.4, 0.5) is 0 Å². The molecule has 2 atom stereocenters. The molecule has 0 aliphatic heterocycles. The number of ether oxygens (including phenoxy) is 2. The first-order chi connectivity index (χ1) is 12.1. The molecule has 2 aromatic carbocycles. The molecule has 0 saturated heterocycles. The Bertz CT molecular complexity index is 691. The van der Waals surface area contributed by atoms with Crippen LogP contribution < -0.4 is 14.8 Å². The van der Waals surface area contributed by atoms with Crippen molar-refractivity contribution in [3.8, 4) is 11.5 Å². The highest BCUT2D eigenvalue weighted by atomic mass is 32.2. The lowest BCUT2D eigenvalue weighted by Crippen LogP contribution is -2.34. The highest BCUT2D eigenvalue weighted by Gasteiger charge is 2.19. The summed E-state index contributed by atoms with van der Waals surface area (Å²) in [4.78, 5) is 13.5. The van der Waals surface area contributed by atoms with Crippen LogP contribution in [-0.2, 0) is 4.79 Å². The van der Waals surface area contributed by atoms with E-state index in [1.54, 1.807) is 14.2 Å². The zero-order valence-electron chi connectivity index (χ0n) is 15.1. The predicted octanol–water partition coefficient (Wildman–Crippen LogP) is 4.45. The fraction of sp³-hybridized carbons (Fsp3) is 0.350. The Kier molecular flexibility index (Phi) is 7.19. The van der Waals surface area contributed by atoms with Gasteiger partial charge in [-0.1, -0.05) is 37.3 Å². The smallest absolute Gasteiger partial charge is 0.233 e. The minimum Gasteiger partial charge on any atom is -0.493 e. The van der Waals surface area contributed by atoms with Crippen molar-refractivity contribution in [1.29, 1.82) is 0 Å². The molecule has 0 fully saturated rings. The van der Waals surface area contributed by atoms with Crippen LogP contribution in [-0.4, -0.2) is 25.4 Å². The van der Waals surface area contributed by atoms with Gasteiger partial charge in [-0.05, 0) is 37.1 Å². The van der Waals surface area contributed by atoms with E-state index in [0.29, 0.717) is 11.5 Å². The largest absolute Gasteiger partial charge is 0.493 e. The number of methoxy groups -OCH3 is 2. The first kappa shape index (κ1) is 19.2. The van der Waals surface area contributed by atoms with Gasteiger partial charge < -0.3 is 14.8 Å². The molecule has 1 amide bonds. The Morgan fingerprint density at radius 1 is 1.08 bits per heavy atom. The van der Waals surface area contributed by atoms with Crippen LogP contribution in [0.25, 0.3) is 0 Å². The lowest BCUT2D eigenvalue weighted by molar-refractivity contribution is -0.121. The van der Waals surface area contributed by atoms with Crippen LogP contribution in [0.1, 0.15) is 31.9 Å². The number of hydrogen-bond donors (Lipinski definition) is 1. The second-order valence-corrected chi connectivity index (χ2v) is 7.07. The van der Waals surface area contributed by atoms with Crippen molar-refractivity contribution < 1.29 is 14.3 Å². The third kappa shape index (κ3) is 5.16. The van der Waals surface area contributed by atoms with E-state index in [-0.39, 0.29) is 17.2 Å². The summed E-state index contributed by atoms with van der Waals surface area (Å²) in [5.74, 6) is 1.37. The summed E-state index contributed by atoms with van der Waals surface area (Å²) < 4.78 is 10.6. The van der Waals surface area contributed by atoms with E-state index in [0.717, 1.165) is 16.9 Å². The second kappa shape index (κ2) is 9.37. The van der Waals surface area contributed by atoms with Gasteiger partial charge in [0.05, 0.1) is 25.5 Å². The van der Waals surface area contributed by atoms with Gasteiger partial charge in [-0.3, -0.25) is 4.79 Å². The number of carbonyl (C=O) groups excluding carboxylic acids is 1. The third-order valence-electron chi connectivity index (χ3n) is 3.96. The molecule has 134 valence electrons. The van der Waals surface area contributed by atoms with Crippen LogP contribution in [0.3, 0.4) is 0 Å². The van der Waals surface area contributed by atoms with E-state index in [2.05, 4.69) is 12.2 Å². The number of benzene rings is 2. The third-order valence-corrected chi connectivity index (χ3v) is 5.06. The molecular formula is C20H25NO3S. The fourth-order valence-electron chi connectivity index (χ4n) is 2.54. The van der Waals surface area contributed by atoms with Gasteiger partial charge in [0.25, 0.3) is 0 Å². The standard InChI is InChI=1S/C20H25NO3S/c1-5-17(15-9-7-6-8-10-15)21-20(22)14(2)25-16-11-12-18(23-3)19(13-16)24-4/h6-14,17H,5H2,1-4H3,(H,21,22)/t14-,17-/m0/s1. The molecule has 0 spiro atoms. The average Bonchev–Trinajstić information content (AvgIpc) is 2.66. The number of hydrogen-bond acceptors (Lipinski definition) is 4. The van der Waals surface area contributed by atoms with Crippen molar-refractivity contribution in [2.24, 2.45) is 0 Å². The van der Waals surface area contributed by atoms with E-state index in [4.69, 9.17) is 9.47 Å². The summed E-state index contributed by atoms with van der Waals surface area (Å²) in [5, 5.41) is 2.93. The Morgan fingerprint density at radius 3 is 2.36 bits per heavy atom. The molecule has 0 aromatic heterocycles. The normalized spacial score (nSPS) is 13.0. The summed E-state index contributed by atoms with van der Waals surface area (Å²) in [6.45, 7) is 3.98. The molecule has 0 saturated carbocycles. The number of rotatable bonds is 8. The monoisotopic (exact) mass is 359 g/mol. The summed E-state index contributed by atoms with van der Waals surface area (Å²) in [6, 6.07) is 15.8. The van der Waals surface area contributed by atoms with Gasteiger partial charge in [-0.25, -0.2) is 0 Å². The highest BCUT2D eigenvalue weighted by molar-refractivity contribution is 8.00. The van der Waals surface area contributed by atoms with Crippen molar-refractivity contribution in [3.63, 3.8) is 0 Å². The van der Waals surface area contributed by atoms with Crippen LogP contribution in [0.2, 0.25) is 0 Å². The molecule has 25 heavy (non-hydrogen) atoms. The van der Waals surface area contributed by atoms with Gasteiger partial charge in [-0.15, -0.1) is 11.8 Å². The molecule has 4 nitrogen and oxygen atoms in total. The van der Waals surface area contributed by atoms with Gasteiger partial charge in [0.15, 0.2) is 11.5 Å². The molecule has 1 N–H and O–H groups in total. The van der Waals surface area contributed by atoms with Crippen molar-refractivity contribution in [1.82, 2.24) is 5.32 Å². The van der Waals surface area contributed by atoms with Gasteiger partial charge in [0.1, 0.15) is 0 Å². The minimum absolute atomic E-state index is 0.0236. The van der Waals surface area contributed by atoms with Crippen LogP contribution >= 0.6 is 11.8 Å². The Hall–Kier alpha value is -2.14. The van der Waals surface area contributed by atoms with E-state index in [1.807, 2.05) is 55.5 Å². The molecule has 2 rings (SSSR count). The zero-order chi connectivity index (χ0) is 18.2. The Labute approximate surface area is 153 Å². The van der Waals surface area contributed by atoms with E-state index < -0.39 is 0 Å². The lowest BCUT2D eigenvalue weighted by Gasteiger charge is -2.20. The molecule has 0 heterocycles. The first-order valence-corrected chi connectivity index (χ1v) is 9.21. The van der Waals surface area contributed by atoms with E-state index in [1.165, 1.54) is 11.8 Å². The van der Waals surface area contributed by atoms with E-state index >= 15 is 0 Å². The maximum absolute atomic E-state index is 12.6. The van der Waals surface area contributed by atoms with Crippen molar-refractivity contribution in [2.75, 3.05) is 14.2 Å². The molecule has 0 bridgehead atoms. The minimum atomic E-state index is -0.212. The van der Waals surface area contributed by atoms with Crippen LogP contribution in [0.15, 0.2) is 53.4 Å². The second-order valence-electron chi connectivity index (χ2n) is 5.66. The zero-order valence-corrected chi connectivity index (χ0v) is 15.9. The van der Waals surface area contributed by atoms with Gasteiger partial charge in [-0.2, -0.15) is 0 Å². The molecule has 2 aromatic rings. The molecule has 0 unspecified atom stereocenters. The molecule has 0 aliphatic carbocycles. The maximum Gasteiger partial charge on any atom is 0.233 e. The van der Waals surface area contributed by atoms with Gasteiger partial charge >= 0.3 is 0 Å². The predicted molar refractivity (Wildman–Crippen MR) is 102 cm³/mol. The Morgan fingerprint density at radius 2 is 1.76 bits per heavy atom. The van der Waals surface area contributed by atoms with Crippen molar-refractivity contribution >= 4 is 17.7 Å². The number of carbonyl (C=O) groups is 1. The quantitative estimate of drug-likeness (QED) is 0.707. The topological polar surface area (TPSA) is 47.6 Å². The number of thioether (sulfide) groups is 1. The molecule has 0 radical (unpaired) electrons. The van der Waals surface area contributed by atoms with Crippen LogP contribution in [0, 0.1) is 0 Å². The maximum atomic E-state index is 12.6. The van der Waals surface area contributed by atoms with E-state index in [9.17, 15) is 4.79 Å². The van der Waals surface area contributed by atoms with Gasteiger partial charge in [0, 0.05) is 4.90 Å². The SMILES string of the molecule is CC[C@H](NC(=O)[C@H](C)Sc1ccc(OC)c(OC)c1)c1ccccc1. The van der Waals surface area contributed by atoms with Crippen LogP contribution in [0.5, 0.6) is 11.5 Å². The van der Waals surface area contributed by atoms with Gasteiger partial charge in [0.2, 0.25) is 5.91 Å². The molecular weight excluding hydrogens is 334 g/mol. The summed E-state index contributed by atoms with van der Waals surface area (Å²) >= 11 is 1.50. The molecule has 5 heteroatoms. The highest BCUT2D eigenvalue weighted by Crippen LogP contribution is 2.33. The summed E-state index contributed by atoms with van der Waals surface area (Å²) in [5.41, 5.74) is 1.13. The summed E-state index contributed by atoms with van der Waals surface area (Å²) in [6.07, 6.45) is 0.851.